The number of azo groups is 1. The Hall–Kier alpha value is -3.05. The van der Waals surface area contributed by atoms with Crippen LogP contribution in [0.3, 0.4) is 0 Å². The molecule has 0 spiro atoms. The zero-order valence-corrected chi connectivity index (χ0v) is 15.3. The molecule has 0 fully saturated rings. The van der Waals surface area contributed by atoms with Crippen LogP contribution in [0.15, 0.2) is 45.5 Å². The van der Waals surface area contributed by atoms with Crippen LogP contribution in [0.5, 0.6) is 11.5 Å². The van der Waals surface area contributed by atoms with Gasteiger partial charge in [0.05, 0.1) is 15.5 Å². The number of phenols is 1. The third kappa shape index (κ3) is 4.57. The molecule has 0 aliphatic heterocycles. The number of benzene rings is 2. The van der Waals surface area contributed by atoms with Gasteiger partial charge in [-0.05, 0) is 23.1 Å². The van der Waals surface area contributed by atoms with E-state index in [1.165, 1.54) is 12.1 Å². The van der Waals surface area contributed by atoms with Crippen LogP contribution >= 0.6 is 0 Å². The van der Waals surface area contributed by atoms with Gasteiger partial charge in [0.25, 0.3) is 5.69 Å². The van der Waals surface area contributed by atoms with E-state index in [4.69, 9.17) is 0 Å². The van der Waals surface area contributed by atoms with Crippen LogP contribution in [-0.4, -0.2) is 23.0 Å². The highest BCUT2D eigenvalue weighted by Gasteiger charge is 2.17. The van der Waals surface area contributed by atoms with E-state index < -0.39 is 37.1 Å². The summed E-state index contributed by atoms with van der Waals surface area (Å²) in [7, 11) is -5.25. The number of non-ortho nitro benzene ring substituents is 1. The summed E-state index contributed by atoms with van der Waals surface area (Å²) in [5.74, 6) is -1.58. The first-order chi connectivity index (χ1) is 12.3. The van der Waals surface area contributed by atoms with Gasteiger partial charge >= 0.3 is 0 Å². The van der Waals surface area contributed by atoms with Crippen LogP contribution in [0.4, 0.5) is 17.1 Å². The summed E-state index contributed by atoms with van der Waals surface area (Å²) in [5.41, 5.74) is -1.03. The van der Waals surface area contributed by atoms with Crippen molar-refractivity contribution in [2.24, 2.45) is 10.2 Å². The van der Waals surface area contributed by atoms with Crippen LogP contribution in [0.2, 0.25) is 0 Å². The predicted octanol–water partition coefficient (Wildman–Crippen LogP) is 2.99. The van der Waals surface area contributed by atoms with Gasteiger partial charge in [0.2, 0.25) is 0 Å². The van der Waals surface area contributed by atoms with Crippen molar-refractivity contribution in [1.82, 2.24) is 0 Å². The van der Waals surface area contributed by atoms with E-state index >= 15 is 0 Å². The average molecular weight is 393 g/mol. The van der Waals surface area contributed by atoms with Gasteiger partial charge in [0, 0.05) is 12.1 Å². The van der Waals surface area contributed by atoms with E-state index in [9.17, 15) is 33.3 Å². The lowest BCUT2D eigenvalue weighted by Gasteiger charge is -2.19. The van der Waals surface area contributed by atoms with E-state index in [0.717, 1.165) is 5.56 Å². The third-order valence-electron chi connectivity index (χ3n) is 3.61. The molecule has 2 rings (SSSR count). The maximum Gasteiger partial charge on any atom is 0.272 e. The fourth-order valence-electron chi connectivity index (χ4n) is 2.12. The van der Waals surface area contributed by atoms with Crippen LogP contribution in [-0.2, 0) is 15.5 Å². The first-order valence-corrected chi connectivity index (χ1v) is 8.92. The molecule has 0 aromatic heterocycles. The number of nitro benzene ring substituents is 1. The zero-order chi connectivity index (χ0) is 20.6. The van der Waals surface area contributed by atoms with Crippen LogP contribution < -0.4 is 5.11 Å². The Morgan fingerprint density at radius 2 is 1.67 bits per heavy atom. The van der Waals surface area contributed by atoms with Gasteiger partial charge in [-0.2, -0.15) is 5.11 Å². The molecule has 0 heterocycles. The second kappa shape index (κ2) is 6.93. The van der Waals surface area contributed by atoms with Gasteiger partial charge in [-0.3, -0.25) is 10.1 Å². The first-order valence-electron chi connectivity index (χ1n) is 7.51. The number of nitro groups is 1. The maximum atomic E-state index is 12.1. The van der Waals surface area contributed by atoms with Crippen molar-refractivity contribution in [3.8, 4) is 11.5 Å². The monoisotopic (exact) mass is 393 g/mol. The van der Waals surface area contributed by atoms with Crippen molar-refractivity contribution in [3.63, 3.8) is 0 Å². The number of nitrogens with zero attached hydrogens (tertiary/aromatic N) is 3. The lowest BCUT2D eigenvalue weighted by molar-refractivity contribution is -0.385. The van der Waals surface area contributed by atoms with Gasteiger partial charge in [-0.15, -0.1) is 5.11 Å². The molecule has 27 heavy (non-hydrogen) atoms. The highest BCUT2D eigenvalue weighted by Crippen LogP contribution is 2.38. The van der Waals surface area contributed by atoms with E-state index in [-0.39, 0.29) is 16.9 Å². The van der Waals surface area contributed by atoms with Crippen molar-refractivity contribution in [2.75, 3.05) is 0 Å². The Morgan fingerprint density at radius 1 is 1.07 bits per heavy atom. The summed E-state index contributed by atoms with van der Waals surface area (Å²) >= 11 is 0. The van der Waals surface area contributed by atoms with Crippen molar-refractivity contribution in [1.29, 1.82) is 0 Å². The van der Waals surface area contributed by atoms with Crippen molar-refractivity contribution in [2.45, 2.75) is 31.1 Å². The summed E-state index contributed by atoms with van der Waals surface area (Å²) in [5, 5.41) is 40.1. The van der Waals surface area contributed by atoms with E-state index in [1.807, 2.05) is 20.8 Å². The number of hydrogen-bond acceptors (Lipinski definition) is 9. The smallest absolute Gasteiger partial charge is 0.272 e. The molecular weight excluding hydrogens is 378 g/mol. The van der Waals surface area contributed by atoms with Gasteiger partial charge in [-0.25, -0.2) is 8.42 Å². The van der Waals surface area contributed by atoms with E-state index in [1.54, 1.807) is 6.07 Å². The summed E-state index contributed by atoms with van der Waals surface area (Å²) in [6.07, 6.45) is 0. The molecule has 0 aliphatic carbocycles. The molecule has 2 aromatic rings. The lowest BCUT2D eigenvalue weighted by Crippen LogP contribution is -2.10. The largest absolute Gasteiger partial charge is 0.870 e. The molecule has 10 nitrogen and oxygen atoms in total. The van der Waals surface area contributed by atoms with Crippen LogP contribution in [0, 0.1) is 10.1 Å². The van der Waals surface area contributed by atoms with Crippen molar-refractivity contribution in [3.05, 3.63) is 46.0 Å². The molecule has 0 aliphatic rings. The Balaban J connectivity index is 2.61. The highest BCUT2D eigenvalue weighted by molar-refractivity contribution is 7.85. The molecule has 0 saturated carbocycles. The second-order valence-corrected chi connectivity index (χ2v) is 8.00. The van der Waals surface area contributed by atoms with Crippen LogP contribution in [0.1, 0.15) is 26.3 Å². The summed E-state index contributed by atoms with van der Waals surface area (Å²) in [6, 6.07) is 5.62. The molecule has 1 N–H and O–H groups in total. The minimum absolute atomic E-state index is 0.0279. The quantitative estimate of drug-likeness (QED) is 0.360. The fraction of sp³-hybridized carbons (Fsp3) is 0.250. The molecule has 0 atom stereocenters. The minimum Gasteiger partial charge on any atom is -0.870 e. The number of aromatic hydroxyl groups is 1. The van der Waals surface area contributed by atoms with Gasteiger partial charge in [0.15, 0.2) is 0 Å². The summed E-state index contributed by atoms with van der Waals surface area (Å²) in [6.45, 7) is 5.76. The molecule has 144 valence electrons. The van der Waals surface area contributed by atoms with Crippen molar-refractivity contribution < 1.29 is 28.1 Å². The molecule has 2 aromatic carbocycles. The SMILES string of the molecule is CC(C)(C)c1ccc(O)c(N=Nc2cc([N+](=O)[O-])cc(S(=O)(=O)[O-])c2[O-])c1. The van der Waals surface area contributed by atoms with Gasteiger partial charge in [-0.1, -0.05) is 32.6 Å². The molecule has 11 heteroatoms. The second-order valence-electron chi connectivity index (χ2n) is 6.66. The molecule has 0 saturated heterocycles. The number of phenolic OH excluding ortho intramolecular Hbond substituents is 1. The average Bonchev–Trinajstić information content (AvgIpc) is 2.52. The zero-order valence-electron chi connectivity index (χ0n) is 14.5. The Bertz CT molecular complexity index is 1040. The Labute approximate surface area is 154 Å². The standard InChI is InChI=1S/C16H17N3O7S/c1-16(2,3)9-4-5-13(20)11(6-9)17-18-12-7-10(19(22)23)8-14(15(12)21)27(24,25)26/h4-8,20-21H,1-3H3,(H,24,25,26)/p-2. The molecule has 0 radical (unpaired) electrons. The Kier molecular flexibility index (Phi) is 5.20. The van der Waals surface area contributed by atoms with Crippen LogP contribution in [0.25, 0.3) is 0 Å². The molecule has 0 unspecified atom stereocenters. The fourth-order valence-corrected chi connectivity index (χ4v) is 2.71. The first kappa shape index (κ1) is 20.3. The topological polar surface area (TPSA) is 168 Å². The number of hydrogen-bond donors (Lipinski definition) is 1. The highest BCUT2D eigenvalue weighted by atomic mass is 32.2. The van der Waals surface area contributed by atoms with E-state index in [2.05, 4.69) is 10.2 Å². The summed E-state index contributed by atoms with van der Waals surface area (Å²) in [4.78, 5) is 8.66. The number of rotatable bonds is 4. The normalized spacial score (nSPS) is 12.4. The minimum atomic E-state index is -5.25. The molecular formula is C16H15N3O7S-2. The summed E-state index contributed by atoms with van der Waals surface area (Å²) < 4.78 is 33.5. The Morgan fingerprint density at radius 3 is 2.19 bits per heavy atom. The van der Waals surface area contributed by atoms with Crippen molar-refractivity contribution >= 4 is 27.2 Å². The molecule has 0 amide bonds. The molecule has 0 bridgehead atoms. The predicted molar refractivity (Wildman–Crippen MR) is 91.5 cm³/mol. The maximum absolute atomic E-state index is 12.1. The lowest BCUT2D eigenvalue weighted by atomic mass is 9.87. The van der Waals surface area contributed by atoms with Gasteiger partial charge < -0.3 is 14.8 Å². The van der Waals surface area contributed by atoms with E-state index in [0.29, 0.717) is 12.1 Å². The third-order valence-corrected chi connectivity index (χ3v) is 4.45. The van der Waals surface area contributed by atoms with Gasteiger partial charge in [0.1, 0.15) is 21.6 Å².